The van der Waals surface area contributed by atoms with Crippen molar-refractivity contribution in [3.8, 4) is 11.5 Å². The second kappa shape index (κ2) is 15.0. The Hall–Kier alpha value is -3.47. The van der Waals surface area contributed by atoms with Crippen molar-refractivity contribution in [1.29, 1.82) is 0 Å². The number of carbonyl (C=O) groups excluding carboxylic acids is 1. The number of aromatic nitrogens is 3. The highest BCUT2D eigenvalue weighted by molar-refractivity contribution is 9.10. The summed E-state index contributed by atoms with van der Waals surface area (Å²) in [5.41, 5.74) is 4.01. The van der Waals surface area contributed by atoms with Gasteiger partial charge in [0.05, 0.1) is 12.2 Å². The molecule has 8 nitrogen and oxygen atoms in total. The monoisotopic (exact) mass is 722 g/mol. The summed E-state index contributed by atoms with van der Waals surface area (Å²) in [7, 11) is 0. The lowest BCUT2D eigenvalue weighted by Gasteiger charge is -2.30. The van der Waals surface area contributed by atoms with Gasteiger partial charge < -0.3 is 19.5 Å². The molecule has 1 aliphatic carbocycles. The number of nitrogens with one attached hydrogen (secondary N) is 1. The number of benzene rings is 3. The van der Waals surface area contributed by atoms with E-state index in [-0.39, 0.29) is 12.1 Å². The summed E-state index contributed by atoms with van der Waals surface area (Å²) in [5, 5.41) is 9.49. The van der Waals surface area contributed by atoms with E-state index in [1.54, 1.807) is 4.68 Å². The second-order valence-corrected chi connectivity index (χ2v) is 13.6. The number of rotatable bonds is 11. The van der Waals surface area contributed by atoms with Gasteiger partial charge in [-0.3, -0.25) is 0 Å². The van der Waals surface area contributed by atoms with Crippen molar-refractivity contribution in [2.75, 3.05) is 11.9 Å². The first-order valence-electron chi connectivity index (χ1n) is 15.5. The minimum Gasteiger partial charge on any atom is -0.490 e. The molecule has 1 fully saturated rings. The van der Waals surface area contributed by atoms with E-state index in [1.807, 2.05) is 80.6 Å². The highest BCUT2D eigenvalue weighted by Gasteiger charge is 2.37. The fourth-order valence-corrected chi connectivity index (χ4v) is 7.35. The lowest BCUT2D eigenvalue weighted by Crippen LogP contribution is -2.32. The molecule has 240 valence electrons. The van der Waals surface area contributed by atoms with Crippen LogP contribution < -0.4 is 14.8 Å². The smallest absolute Gasteiger partial charge is 0.338 e. The van der Waals surface area contributed by atoms with Crippen molar-refractivity contribution < 1.29 is 19.0 Å². The zero-order valence-electron chi connectivity index (χ0n) is 25.8. The summed E-state index contributed by atoms with van der Waals surface area (Å²) in [4.78, 5) is 18.7. The Kier molecular flexibility index (Phi) is 10.6. The van der Waals surface area contributed by atoms with Gasteiger partial charge in [-0.2, -0.15) is 4.98 Å². The summed E-state index contributed by atoms with van der Waals surface area (Å²) in [6, 6.07) is 20.9. The first-order valence-corrected chi connectivity index (χ1v) is 17.7. The number of carbonyl (C=O) groups is 1. The van der Waals surface area contributed by atoms with Crippen molar-refractivity contribution in [1.82, 2.24) is 14.8 Å². The lowest BCUT2D eigenvalue weighted by molar-refractivity contribution is -0.146. The predicted octanol–water partition coefficient (Wildman–Crippen LogP) is 9.13. The van der Waals surface area contributed by atoms with Crippen molar-refractivity contribution in [2.45, 2.75) is 75.6 Å². The van der Waals surface area contributed by atoms with Crippen LogP contribution in [0.4, 0.5) is 5.95 Å². The largest absolute Gasteiger partial charge is 0.490 e. The fraction of sp³-hybridized carbons (Fsp3) is 0.343. The molecule has 4 aromatic rings. The summed E-state index contributed by atoms with van der Waals surface area (Å²) in [6.45, 7) is 4.65. The van der Waals surface area contributed by atoms with E-state index in [0.29, 0.717) is 57.9 Å². The highest BCUT2D eigenvalue weighted by atomic mass is 79.9. The fourth-order valence-electron chi connectivity index (χ4n) is 5.79. The van der Waals surface area contributed by atoms with Gasteiger partial charge >= 0.3 is 5.97 Å². The zero-order chi connectivity index (χ0) is 32.0. The quantitative estimate of drug-likeness (QED) is 0.121. The molecule has 0 amide bonds. The number of fused-ring (bicyclic) bond motifs is 1. The molecule has 1 aromatic heterocycles. The van der Waals surface area contributed by atoms with E-state index in [9.17, 15) is 4.79 Å². The van der Waals surface area contributed by atoms with Gasteiger partial charge in [0.2, 0.25) is 11.1 Å². The molecule has 1 aliphatic heterocycles. The molecule has 1 saturated carbocycles. The van der Waals surface area contributed by atoms with Crippen molar-refractivity contribution in [3.63, 3.8) is 0 Å². The molecule has 1 atom stereocenters. The van der Waals surface area contributed by atoms with Crippen molar-refractivity contribution in [2.24, 2.45) is 0 Å². The maximum absolute atomic E-state index is 13.9. The number of thioether (sulfide) groups is 1. The molecule has 11 heteroatoms. The summed E-state index contributed by atoms with van der Waals surface area (Å²) < 4.78 is 21.2. The first kappa shape index (κ1) is 32.5. The van der Waals surface area contributed by atoms with E-state index in [4.69, 9.17) is 35.9 Å². The van der Waals surface area contributed by atoms with Gasteiger partial charge in [-0.25, -0.2) is 9.48 Å². The molecular weight excluding hydrogens is 688 g/mol. The molecule has 2 aliphatic rings. The van der Waals surface area contributed by atoms with Crippen LogP contribution >= 0.6 is 39.3 Å². The molecule has 1 unspecified atom stereocenters. The second-order valence-electron chi connectivity index (χ2n) is 11.3. The van der Waals surface area contributed by atoms with Gasteiger partial charge in [0.25, 0.3) is 0 Å². The highest BCUT2D eigenvalue weighted by Crippen LogP contribution is 2.41. The van der Waals surface area contributed by atoms with E-state index in [2.05, 4.69) is 21.2 Å². The molecule has 3 aromatic carbocycles. The van der Waals surface area contributed by atoms with Crippen LogP contribution in [0.3, 0.4) is 0 Å². The molecule has 0 spiro atoms. The average Bonchev–Trinajstić information content (AvgIpc) is 3.46. The van der Waals surface area contributed by atoms with E-state index in [1.165, 1.54) is 18.2 Å². The number of anilines is 1. The molecule has 0 saturated heterocycles. The summed E-state index contributed by atoms with van der Waals surface area (Å²) >= 11 is 11.4. The maximum Gasteiger partial charge on any atom is 0.338 e. The van der Waals surface area contributed by atoms with Gasteiger partial charge in [0, 0.05) is 20.9 Å². The van der Waals surface area contributed by atoms with Crippen molar-refractivity contribution in [3.05, 3.63) is 104 Å². The summed E-state index contributed by atoms with van der Waals surface area (Å²) in [5.74, 6) is 2.00. The first-order chi connectivity index (χ1) is 22.4. The number of allylic oxidation sites excluding steroid dienone is 1. The van der Waals surface area contributed by atoms with E-state index >= 15 is 0 Å². The van der Waals surface area contributed by atoms with Gasteiger partial charge in [0.15, 0.2) is 11.5 Å². The molecule has 1 N–H and O–H groups in total. The number of hydrogen-bond acceptors (Lipinski definition) is 8. The van der Waals surface area contributed by atoms with Crippen LogP contribution in [-0.4, -0.2) is 33.4 Å². The Morgan fingerprint density at radius 3 is 2.65 bits per heavy atom. The van der Waals surface area contributed by atoms with Crippen molar-refractivity contribution >= 4 is 51.2 Å². The third-order valence-electron chi connectivity index (χ3n) is 8.06. The average molecular weight is 724 g/mol. The van der Waals surface area contributed by atoms with Crippen LogP contribution in [0.15, 0.2) is 87.6 Å². The van der Waals surface area contributed by atoms with Crippen LogP contribution in [0.1, 0.15) is 68.7 Å². The van der Waals surface area contributed by atoms with Gasteiger partial charge in [0.1, 0.15) is 18.8 Å². The Morgan fingerprint density at radius 2 is 1.87 bits per heavy atom. The van der Waals surface area contributed by atoms with Crippen LogP contribution in [0.25, 0.3) is 0 Å². The zero-order valence-corrected chi connectivity index (χ0v) is 29.0. The molecule has 0 radical (unpaired) electrons. The molecule has 6 rings (SSSR count). The lowest BCUT2D eigenvalue weighted by atomic mass is 9.94. The van der Waals surface area contributed by atoms with Crippen LogP contribution in [-0.2, 0) is 21.9 Å². The van der Waals surface area contributed by atoms with Crippen LogP contribution in [0.5, 0.6) is 11.5 Å². The number of ether oxygens (including phenoxy) is 3. The number of nitrogens with zero attached hydrogens (tertiary/aromatic N) is 3. The van der Waals surface area contributed by atoms with Crippen LogP contribution in [0.2, 0.25) is 5.02 Å². The van der Waals surface area contributed by atoms with Gasteiger partial charge in [-0.05, 0) is 86.6 Å². The third kappa shape index (κ3) is 7.56. The number of hydrogen-bond donors (Lipinski definition) is 1. The predicted molar refractivity (Wildman–Crippen MR) is 185 cm³/mol. The maximum atomic E-state index is 13.9. The molecule has 0 bridgehead atoms. The Bertz CT molecular complexity index is 1740. The Labute approximate surface area is 287 Å². The minimum absolute atomic E-state index is 0.0890. The Morgan fingerprint density at radius 1 is 1.04 bits per heavy atom. The van der Waals surface area contributed by atoms with Gasteiger partial charge in [-0.15, -0.1) is 5.10 Å². The summed E-state index contributed by atoms with van der Waals surface area (Å²) in [6.07, 6.45) is 4.98. The molecule has 2 heterocycles. The topological polar surface area (TPSA) is 87.5 Å². The van der Waals surface area contributed by atoms with Gasteiger partial charge in [-0.1, -0.05) is 82.1 Å². The van der Waals surface area contributed by atoms with Crippen LogP contribution in [0, 0.1) is 0 Å². The Balaban J connectivity index is 1.33. The van der Waals surface area contributed by atoms with E-state index < -0.39 is 6.04 Å². The minimum atomic E-state index is -0.590. The molecular formula is C35H36BrClN4O4S. The standard InChI is InChI=1S/C35H36BrClN4O4S/c1-3-43-30-19-24(16-17-29(30)44-20-23-10-9-12-26(36)18-23)32-31(33(42)45-27-13-5-4-6-14-27)22(2)38-34-39-35(40-41(32)34)46-21-25-11-7-8-15-28(25)37/h7-12,15-19,27,32H,3-6,13-14,20-21H2,1-2H3,(H,38,39,40). The number of esters is 1. The third-order valence-corrected chi connectivity index (χ3v) is 9.81. The molecule has 46 heavy (non-hydrogen) atoms. The normalized spacial score (nSPS) is 16.5. The van der Waals surface area contributed by atoms with E-state index in [0.717, 1.165) is 46.8 Å². The SMILES string of the molecule is CCOc1cc(C2C(C(=O)OC3CCCCC3)=C(C)Nc3nc(SCc4ccccc4Cl)nn32)ccc1OCc1cccc(Br)c1. The number of halogens is 2.